The Labute approximate surface area is 110 Å². The molecular weight excluding hydrogens is 224 g/mol. The Morgan fingerprint density at radius 2 is 2.11 bits per heavy atom. The fourth-order valence-corrected chi connectivity index (χ4v) is 2.59. The van der Waals surface area contributed by atoms with E-state index >= 15 is 0 Å². The molecule has 1 heterocycles. The second-order valence-corrected chi connectivity index (χ2v) is 4.97. The maximum absolute atomic E-state index is 5.20. The molecule has 1 aromatic rings. The topological polar surface area (TPSA) is 24.5 Å². The van der Waals surface area contributed by atoms with Gasteiger partial charge in [-0.3, -0.25) is 4.90 Å². The SMILES string of the molecule is CCCC1CNCCN1Cc1ccc(OC)cc1. The molecule has 3 nitrogen and oxygen atoms in total. The normalized spacial score (nSPS) is 20.9. The van der Waals surface area contributed by atoms with Crippen molar-refractivity contribution in [2.24, 2.45) is 0 Å². The lowest BCUT2D eigenvalue weighted by Crippen LogP contribution is -2.50. The number of rotatable bonds is 5. The Morgan fingerprint density at radius 3 is 2.78 bits per heavy atom. The van der Waals surface area contributed by atoms with Crippen LogP contribution in [0, 0.1) is 0 Å². The van der Waals surface area contributed by atoms with Crippen molar-refractivity contribution in [3.05, 3.63) is 29.8 Å². The number of piperazine rings is 1. The average molecular weight is 248 g/mol. The molecule has 2 rings (SSSR count). The van der Waals surface area contributed by atoms with E-state index in [2.05, 4.69) is 29.3 Å². The molecular formula is C15H24N2O. The molecule has 0 saturated carbocycles. The van der Waals surface area contributed by atoms with Gasteiger partial charge in [-0.1, -0.05) is 25.5 Å². The second kappa shape index (κ2) is 6.76. The highest BCUT2D eigenvalue weighted by molar-refractivity contribution is 5.27. The minimum absolute atomic E-state index is 0.686. The predicted octanol–water partition coefficient (Wildman–Crippen LogP) is 2.27. The monoisotopic (exact) mass is 248 g/mol. The van der Waals surface area contributed by atoms with Gasteiger partial charge in [-0.25, -0.2) is 0 Å². The first kappa shape index (κ1) is 13.4. The largest absolute Gasteiger partial charge is 0.497 e. The van der Waals surface area contributed by atoms with Crippen LogP contribution in [0.1, 0.15) is 25.3 Å². The van der Waals surface area contributed by atoms with Crippen molar-refractivity contribution in [1.82, 2.24) is 10.2 Å². The van der Waals surface area contributed by atoms with Gasteiger partial charge in [0.25, 0.3) is 0 Å². The summed E-state index contributed by atoms with van der Waals surface area (Å²) in [5.41, 5.74) is 1.37. The summed E-state index contributed by atoms with van der Waals surface area (Å²) in [5, 5.41) is 3.49. The summed E-state index contributed by atoms with van der Waals surface area (Å²) >= 11 is 0. The van der Waals surface area contributed by atoms with Gasteiger partial charge in [-0.2, -0.15) is 0 Å². The first-order valence-corrected chi connectivity index (χ1v) is 6.91. The summed E-state index contributed by atoms with van der Waals surface area (Å²) in [6.07, 6.45) is 2.54. The number of benzene rings is 1. The Morgan fingerprint density at radius 1 is 1.33 bits per heavy atom. The molecule has 1 aromatic carbocycles. The molecule has 1 unspecified atom stereocenters. The molecule has 1 fully saturated rings. The fraction of sp³-hybridized carbons (Fsp3) is 0.600. The zero-order chi connectivity index (χ0) is 12.8. The third-order valence-corrected chi connectivity index (χ3v) is 3.64. The Bertz CT molecular complexity index is 348. The van der Waals surface area contributed by atoms with Gasteiger partial charge >= 0.3 is 0 Å². The molecule has 0 aromatic heterocycles. The van der Waals surface area contributed by atoms with Crippen LogP contribution >= 0.6 is 0 Å². The van der Waals surface area contributed by atoms with E-state index in [1.807, 2.05) is 12.1 Å². The van der Waals surface area contributed by atoms with Crippen molar-refractivity contribution in [3.63, 3.8) is 0 Å². The lowest BCUT2D eigenvalue weighted by Gasteiger charge is -2.36. The lowest BCUT2D eigenvalue weighted by molar-refractivity contribution is 0.144. The van der Waals surface area contributed by atoms with Crippen LogP contribution in [0.2, 0.25) is 0 Å². The van der Waals surface area contributed by atoms with E-state index in [0.29, 0.717) is 6.04 Å². The molecule has 1 N–H and O–H groups in total. The van der Waals surface area contributed by atoms with Gasteiger partial charge < -0.3 is 10.1 Å². The summed E-state index contributed by atoms with van der Waals surface area (Å²) in [6.45, 7) is 6.70. The molecule has 0 radical (unpaired) electrons. The summed E-state index contributed by atoms with van der Waals surface area (Å²) in [6, 6.07) is 9.12. The zero-order valence-electron chi connectivity index (χ0n) is 11.5. The molecule has 100 valence electrons. The smallest absolute Gasteiger partial charge is 0.118 e. The summed E-state index contributed by atoms with van der Waals surface area (Å²) in [7, 11) is 1.71. The molecule has 1 saturated heterocycles. The fourth-order valence-electron chi connectivity index (χ4n) is 2.59. The molecule has 1 aliphatic heterocycles. The van der Waals surface area contributed by atoms with Crippen LogP contribution in [0.3, 0.4) is 0 Å². The van der Waals surface area contributed by atoms with Crippen molar-refractivity contribution in [2.45, 2.75) is 32.4 Å². The number of hydrogen-bond acceptors (Lipinski definition) is 3. The minimum atomic E-state index is 0.686. The van der Waals surface area contributed by atoms with Crippen LogP contribution in [0.15, 0.2) is 24.3 Å². The highest BCUT2D eigenvalue weighted by Crippen LogP contribution is 2.16. The Balaban J connectivity index is 1.96. The van der Waals surface area contributed by atoms with Gasteiger partial charge in [-0.05, 0) is 24.1 Å². The average Bonchev–Trinajstić information content (AvgIpc) is 2.42. The van der Waals surface area contributed by atoms with E-state index in [0.717, 1.165) is 31.9 Å². The highest BCUT2D eigenvalue weighted by atomic mass is 16.5. The summed E-state index contributed by atoms with van der Waals surface area (Å²) in [5.74, 6) is 0.934. The van der Waals surface area contributed by atoms with E-state index in [9.17, 15) is 0 Å². The number of nitrogens with zero attached hydrogens (tertiary/aromatic N) is 1. The maximum atomic E-state index is 5.20. The first-order valence-electron chi connectivity index (χ1n) is 6.91. The predicted molar refractivity (Wildman–Crippen MR) is 75.0 cm³/mol. The highest BCUT2D eigenvalue weighted by Gasteiger charge is 2.20. The van der Waals surface area contributed by atoms with E-state index < -0.39 is 0 Å². The molecule has 1 atom stereocenters. The molecule has 0 bridgehead atoms. The Hall–Kier alpha value is -1.06. The van der Waals surface area contributed by atoms with Crippen molar-refractivity contribution in [2.75, 3.05) is 26.7 Å². The van der Waals surface area contributed by atoms with Gasteiger partial charge in [0.2, 0.25) is 0 Å². The number of ether oxygens (including phenoxy) is 1. The van der Waals surface area contributed by atoms with Crippen molar-refractivity contribution < 1.29 is 4.74 Å². The van der Waals surface area contributed by atoms with Crippen LogP contribution in [0.5, 0.6) is 5.75 Å². The van der Waals surface area contributed by atoms with Crippen LogP contribution in [-0.2, 0) is 6.54 Å². The van der Waals surface area contributed by atoms with Crippen LogP contribution in [-0.4, -0.2) is 37.7 Å². The number of hydrogen-bond donors (Lipinski definition) is 1. The van der Waals surface area contributed by atoms with Crippen molar-refractivity contribution in [3.8, 4) is 5.75 Å². The van der Waals surface area contributed by atoms with Crippen LogP contribution in [0.25, 0.3) is 0 Å². The first-order chi connectivity index (χ1) is 8.83. The summed E-state index contributed by atoms with van der Waals surface area (Å²) < 4.78 is 5.20. The van der Waals surface area contributed by atoms with Gasteiger partial charge in [0, 0.05) is 32.2 Å². The van der Waals surface area contributed by atoms with E-state index in [4.69, 9.17) is 4.74 Å². The zero-order valence-corrected chi connectivity index (χ0v) is 11.5. The van der Waals surface area contributed by atoms with Crippen molar-refractivity contribution >= 4 is 0 Å². The van der Waals surface area contributed by atoms with E-state index in [1.54, 1.807) is 7.11 Å². The van der Waals surface area contributed by atoms with Gasteiger partial charge in [0.1, 0.15) is 5.75 Å². The van der Waals surface area contributed by atoms with Gasteiger partial charge in [-0.15, -0.1) is 0 Å². The van der Waals surface area contributed by atoms with Crippen LogP contribution < -0.4 is 10.1 Å². The minimum Gasteiger partial charge on any atom is -0.497 e. The quantitative estimate of drug-likeness (QED) is 0.865. The Kier molecular flexibility index (Phi) is 5.02. The standard InChI is InChI=1S/C15H24N2O/c1-3-4-14-11-16-9-10-17(14)12-13-5-7-15(18-2)8-6-13/h5-8,14,16H,3-4,9-12H2,1-2H3. The van der Waals surface area contributed by atoms with Crippen molar-refractivity contribution in [1.29, 1.82) is 0 Å². The molecule has 0 spiro atoms. The summed E-state index contributed by atoms with van der Waals surface area (Å²) in [4.78, 5) is 2.60. The lowest BCUT2D eigenvalue weighted by atomic mass is 10.1. The van der Waals surface area contributed by atoms with E-state index in [1.165, 1.54) is 18.4 Å². The molecule has 3 heteroatoms. The van der Waals surface area contributed by atoms with Gasteiger partial charge in [0.05, 0.1) is 7.11 Å². The third kappa shape index (κ3) is 3.47. The van der Waals surface area contributed by atoms with E-state index in [-0.39, 0.29) is 0 Å². The maximum Gasteiger partial charge on any atom is 0.118 e. The van der Waals surface area contributed by atoms with Crippen LogP contribution in [0.4, 0.5) is 0 Å². The molecule has 0 amide bonds. The number of methoxy groups -OCH3 is 1. The molecule has 18 heavy (non-hydrogen) atoms. The second-order valence-electron chi connectivity index (χ2n) is 4.97. The number of nitrogens with one attached hydrogen (secondary N) is 1. The molecule has 0 aliphatic carbocycles. The van der Waals surface area contributed by atoms with Gasteiger partial charge in [0.15, 0.2) is 0 Å². The molecule has 1 aliphatic rings. The third-order valence-electron chi connectivity index (χ3n) is 3.64.